The number of carbonyl (C=O) groups is 1. The maximum absolute atomic E-state index is 12.5. The lowest BCUT2D eigenvalue weighted by Gasteiger charge is -2.04. The third-order valence-electron chi connectivity index (χ3n) is 4.13. The number of thiazole rings is 1. The number of carbonyl (C=O) groups excluding carboxylic acids is 1. The molecule has 2 aromatic heterocycles. The average molecular weight is 360 g/mol. The smallest absolute Gasteiger partial charge is 0.257 e. The molecule has 1 amide bonds. The van der Waals surface area contributed by atoms with E-state index in [-0.39, 0.29) is 5.91 Å². The van der Waals surface area contributed by atoms with Crippen LogP contribution in [0.2, 0.25) is 0 Å². The molecule has 0 fully saturated rings. The highest BCUT2D eigenvalue weighted by Gasteiger charge is 2.12. The SMILES string of the molecule is Cc1ccc(C)c(-c2csc(NC(=O)c3ccc4nccnc4c3)n2)c1. The molecule has 4 rings (SSSR count). The zero-order valence-electron chi connectivity index (χ0n) is 14.4. The Bertz CT molecular complexity index is 1120. The number of benzene rings is 2. The van der Waals surface area contributed by atoms with E-state index in [1.54, 1.807) is 30.6 Å². The average Bonchev–Trinajstić information content (AvgIpc) is 3.11. The lowest BCUT2D eigenvalue weighted by atomic mass is 10.0. The summed E-state index contributed by atoms with van der Waals surface area (Å²) in [6, 6.07) is 11.5. The minimum atomic E-state index is -0.209. The van der Waals surface area contributed by atoms with Crippen LogP contribution < -0.4 is 5.32 Å². The number of nitrogens with one attached hydrogen (secondary N) is 1. The summed E-state index contributed by atoms with van der Waals surface area (Å²) < 4.78 is 0. The molecular weight excluding hydrogens is 344 g/mol. The molecule has 0 saturated heterocycles. The predicted octanol–water partition coefficient (Wildman–Crippen LogP) is 4.62. The van der Waals surface area contributed by atoms with Crippen LogP contribution in [-0.4, -0.2) is 20.9 Å². The van der Waals surface area contributed by atoms with Crippen LogP contribution in [0.5, 0.6) is 0 Å². The van der Waals surface area contributed by atoms with Crippen molar-refractivity contribution in [2.75, 3.05) is 5.32 Å². The summed E-state index contributed by atoms with van der Waals surface area (Å²) >= 11 is 1.41. The number of rotatable bonds is 3. The Morgan fingerprint density at radius 2 is 1.81 bits per heavy atom. The quantitative estimate of drug-likeness (QED) is 0.579. The molecule has 0 spiro atoms. The highest BCUT2D eigenvalue weighted by molar-refractivity contribution is 7.14. The van der Waals surface area contributed by atoms with Crippen LogP contribution in [0.25, 0.3) is 22.3 Å². The number of hydrogen-bond donors (Lipinski definition) is 1. The molecule has 0 unspecified atom stereocenters. The van der Waals surface area contributed by atoms with E-state index < -0.39 is 0 Å². The first kappa shape index (κ1) is 16.4. The Hall–Kier alpha value is -3.12. The van der Waals surface area contributed by atoms with Crippen LogP contribution in [-0.2, 0) is 0 Å². The monoisotopic (exact) mass is 360 g/mol. The number of nitrogens with zero attached hydrogens (tertiary/aromatic N) is 3. The lowest BCUT2D eigenvalue weighted by molar-refractivity contribution is 0.102. The van der Waals surface area contributed by atoms with Crippen molar-refractivity contribution in [1.82, 2.24) is 15.0 Å². The van der Waals surface area contributed by atoms with E-state index in [0.717, 1.165) is 22.3 Å². The van der Waals surface area contributed by atoms with Crippen molar-refractivity contribution in [2.24, 2.45) is 0 Å². The van der Waals surface area contributed by atoms with Crippen LogP contribution >= 0.6 is 11.3 Å². The van der Waals surface area contributed by atoms with E-state index >= 15 is 0 Å². The summed E-state index contributed by atoms with van der Waals surface area (Å²) in [6.07, 6.45) is 3.24. The van der Waals surface area contributed by atoms with Gasteiger partial charge in [0.1, 0.15) is 0 Å². The van der Waals surface area contributed by atoms with Gasteiger partial charge < -0.3 is 0 Å². The normalized spacial score (nSPS) is 10.8. The Labute approximate surface area is 154 Å². The van der Waals surface area contributed by atoms with Crippen molar-refractivity contribution in [1.29, 1.82) is 0 Å². The Morgan fingerprint density at radius 1 is 1.00 bits per heavy atom. The van der Waals surface area contributed by atoms with Crippen molar-refractivity contribution in [2.45, 2.75) is 13.8 Å². The van der Waals surface area contributed by atoms with E-state index in [0.29, 0.717) is 16.2 Å². The molecule has 2 aromatic carbocycles. The van der Waals surface area contributed by atoms with E-state index in [9.17, 15) is 4.79 Å². The van der Waals surface area contributed by atoms with Gasteiger partial charge >= 0.3 is 0 Å². The maximum Gasteiger partial charge on any atom is 0.257 e. The molecule has 0 saturated carbocycles. The number of hydrogen-bond acceptors (Lipinski definition) is 5. The van der Waals surface area contributed by atoms with Crippen molar-refractivity contribution in [3.63, 3.8) is 0 Å². The Morgan fingerprint density at radius 3 is 2.65 bits per heavy atom. The fourth-order valence-electron chi connectivity index (χ4n) is 2.74. The van der Waals surface area contributed by atoms with Gasteiger partial charge in [0.15, 0.2) is 5.13 Å². The van der Waals surface area contributed by atoms with Crippen molar-refractivity contribution >= 4 is 33.4 Å². The minimum absolute atomic E-state index is 0.209. The summed E-state index contributed by atoms with van der Waals surface area (Å²) in [4.78, 5) is 25.6. The van der Waals surface area contributed by atoms with Gasteiger partial charge in [-0.15, -0.1) is 11.3 Å². The Balaban J connectivity index is 1.58. The van der Waals surface area contributed by atoms with Gasteiger partial charge in [0.2, 0.25) is 0 Å². The molecule has 0 bridgehead atoms. The number of fused-ring (bicyclic) bond motifs is 1. The first-order chi connectivity index (χ1) is 12.6. The number of anilines is 1. The van der Waals surface area contributed by atoms with Crippen LogP contribution in [0, 0.1) is 13.8 Å². The molecule has 26 heavy (non-hydrogen) atoms. The highest BCUT2D eigenvalue weighted by Crippen LogP contribution is 2.28. The molecule has 6 heteroatoms. The standard InChI is InChI=1S/C20H16N4OS/c1-12-3-4-13(2)15(9-12)18-11-26-20(23-18)24-19(25)14-5-6-16-17(10-14)22-8-7-21-16/h3-11H,1-2H3,(H,23,24,25). The molecule has 0 aliphatic heterocycles. The second-order valence-corrected chi connectivity index (χ2v) is 6.93. The van der Waals surface area contributed by atoms with Gasteiger partial charge in [0.25, 0.3) is 5.91 Å². The molecule has 128 valence electrons. The molecule has 0 atom stereocenters. The molecule has 0 radical (unpaired) electrons. The Kier molecular flexibility index (Phi) is 4.18. The van der Waals surface area contributed by atoms with Gasteiger partial charge in [-0.05, 0) is 43.7 Å². The number of amides is 1. The predicted molar refractivity (Wildman–Crippen MR) is 105 cm³/mol. The molecule has 4 aromatic rings. The zero-order chi connectivity index (χ0) is 18.1. The fourth-order valence-corrected chi connectivity index (χ4v) is 3.45. The second kappa shape index (κ2) is 6.65. The van der Waals surface area contributed by atoms with Gasteiger partial charge in [0, 0.05) is 28.9 Å². The van der Waals surface area contributed by atoms with Gasteiger partial charge in [-0.3, -0.25) is 20.1 Å². The van der Waals surface area contributed by atoms with E-state index in [1.807, 2.05) is 5.38 Å². The summed E-state index contributed by atoms with van der Waals surface area (Å²) in [5.74, 6) is -0.209. The molecular formula is C20H16N4OS. The summed E-state index contributed by atoms with van der Waals surface area (Å²) in [6.45, 7) is 4.11. The largest absolute Gasteiger partial charge is 0.298 e. The molecule has 0 aliphatic rings. The fraction of sp³-hybridized carbons (Fsp3) is 0.100. The van der Waals surface area contributed by atoms with Crippen LogP contribution in [0.4, 0.5) is 5.13 Å². The van der Waals surface area contributed by atoms with E-state index in [2.05, 4.69) is 52.3 Å². The van der Waals surface area contributed by atoms with Crippen molar-refractivity contribution in [3.05, 3.63) is 70.9 Å². The highest BCUT2D eigenvalue weighted by atomic mass is 32.1. The van der Waals surface area contributed by atoms with Crippen LogP contribution in [0.1, 0.15) is 21.5 Å². The topological polar surface area (TPSA) is 67.8 Å². The van der Waals surface area contributed by atoms with Crippen LogP contribution in [0.3, 0.4) is 0 Å². The molecule has 0 aliphatic carbocycles. The number of aromatic nitrogens is 3. The lowest BCUT2D eigenvalue weighted by Crippen LogP contribution is -2.11. The van der Waals surface area contributed by atoms with E-state index in [1.165, 1.54) is 16.9 Å². The van der Waals surface area contributed by atoms with Gasteiger partial charge in [-0.2, -0.15) is 0 Å². The van der Waals surface area contributed by atoms with Crippen molar-refractivity contribution < 1.29 is 4.79 Å². The second-order valence-electron chi connectivity index (χ2n) is 6.07. The molecule has 2 heterocycles. The summed E-state index contributed by atoms with van der Waals surface area (Å²) in [7, 11) is 0. The van der Waals surface area contributed by atoms with Gasteiger partial charge in [0.05, 0.1) is 16.7 Å². The maximum atomic E-state index is 12.5. The van der Waals surface area contributed by atoms with E-state index in [4.69, 9.17) is 0 Å². The van der Waals surface area contributed by atoms with Crippen LogP contribution in [0.15, 0.2) is 54.2 Å². The zero-order valence-corrected chi connectivity index (χ0v) is 15.2. The van der Waals surface area contributed by atoms with Gasteiger partial charge in [-0.1, -0.05) is 17.7 Å². The minimum Gasteiger partial charge on any atom is -0.298 e. The molecule has 1 N–H and O–H groups in total. The summed E-state index contributed by atoms with van der Waals surface area (Å²) in [5, 5.41) is 5.40. The molecule has 5 nitrogen and oxygen atoms in total. The first-order valence-corrected chi connectivity index (χ1v) is 9.03. The number of aryl methyl sites for hydroxylation is 2. The summed E-state index contributed by atoms with van der Waals surface area (Å²) in [5.41, 5.74) is 6.28. The van der Waals surface area contributed by atoms with Gasteiger partial charge in [-0.25, -0.2) is 4.98 Å². The first-order valence-electron chi connectivity index (χ1n) is 8.15. The third kappa shape index (κ3) is 3.19. The third-order valence-corrected chi connectivity index (χ3v) is 4.88. The van der Waals surface area contributed by atoms with Crippen molar-refractivity contribution in [3.8, 4) is 11.3 Å².